The first-order valence-electron chi connectivity index (χ1n) is 15.1. The summed E-state index contributed by atoms with van der Waals surface area (Å²) in [5.74, 6) is 0.194. The minimum absolute atomic E-state index is 0.212. The summed E-state index contributed by atoms with van der Waals surface area (Å²) in [6.45, 7) is 8.32. The van der Waals surface area contributed by atoms with Crippen LogP contribution in [-0.2, 0) is 28.7 Å². The number of thioether (sulfide) groups is 1. The highest BCUT2D eigenvalue weighted by molar-refractivity contribution is 8.14. The van der Waals surface area contributed by atoms with Crippen molar-refractivity contribution in [3.8, 4) is 17.2 Å². The molecule has 0 N–H and O–H groups in total. The van der Waals surface area contributed by atoms with E-state index in [1.165, 1.54) is 18.3 Å². The molecule has 0 atom stereocenters. The number of carbonyl (C=O) groups excluding carboxylic acids is 4. The summed E-state index contributed by atoms with van der Waals surface area (Å²) in [6.07, 6.45) is 12.6. The lowest BCUT2D eigenvalue weighted by atomic mass is 10.2. The Labute approximate surface area is 284 Å². The molecule has 1 heterocycles. The Morgan fingerprint density at radius 2 is 1.08 bits per heavy atom. The van der Waals surface area contributed by atoms with Gasteiger partial charge in [0.15, 0.2) is 0 Å². The van der Waals surface area contributed by atoms with E-state index >= 15 is 0 Å². The normalized spacial score (nSPS) is 10.8. The Morgan fingerprint density at radius 1 is 0.604 bits per heavy atom. The van der Waals surface area contributed by atoms with Gasteiger partial charge in [-0.25, -0.2) is 19.4 Å². The molecule has 11 heteroatoms. The molecule has 3 aromatic rings. The van der Waals surface area contributed by atoms with Gasteiger partial charge in [-0.15, -0.1) is 0 Å². The van der Waals surface area contributed by atoms with Crippen molar-refractivity contribution in [2.45, 2.75) is 30.7 Å². The summed E-state index contributed by atoms with van der Waals surface area (Å²) < 4.78 is 26.5. The maximum atomic E-state index is 12.4. The number of nitrogens with zero attached hydrogens (tertiary/aromatic N) is 1. The third-order valence-corrected chi connectivity index (χ3v) is 6.94. The second kappa shape index (κ2) is 21.4. The predicted molar refractivity (Wildman–Crippen MR) is 183 cm³/mol. The molecule has 0 saturated heterocycles. The van der Waals surface area contributed by atoms with E-state index in [9.17, 15) is 19.2 Å². The molecule has 0 radical (unpaired) electrons. The molecule has 0 aliphatic rings. The summed E-state index contributed by atoms with van der Waals surface area (Å²) in [4.78, 5) is 50.9. The number of hydrogen-bond acceptors (Lipinski definition) is 11. The van der Waals surface area contributed by atoms with E-state index in [0.717, 1.165) is 47.9 Å². The van der Waals surface area contributed by atoms with Crippen LogP contribution in [-0.4, -0.2) is 54.4 Å². The SMILES string of the molecule is C=CC(=O)OCCCCOc1ccc(C=CC(=O)Oc2ccc(SC(=O)C=Cc3ccc(OCCCCOC(=O)C=C)cc3)nc2)cc1. The molecular weight excluding hydrogens is 634 g/mol. The van der Waals surface area contributed by atoms with Gasteiger partial charge in [-0.3, -0.25) is 4.79 Å². The van der Waals surface area contributed by atoms with Crippen molar-refractivity contribution >= 4 is 46.9 Å². The van der Waals surface area contributed by atoms with Crippen LogP contribution in [0, 0.1) is 0 Å². The number of ether oxygens (including phenoxy) is 5. The van der Waals surface area contributed by atoms with Gasteiger partial charge < -0.3 is 23.7 Å². The summed E-state index contributed by atoms with van der Waals surface area (Å²) in [6, 6.07) is 17.7. The maximum Gasteiger partial charge on any atom is 0.336 e. The Balaban J connectivity index is 1.33. The van der Waals surface area contributed by atoms with Crippen LogP contribution in [0.25, 0.3) is 12.2 Å². The second-order valence-corrected chi connectivity index (χ2v) is 10.9. The first-order valence-corrected chi connectivity index (χ1v) is 16.0. The smallest absolute Gasteiger partial charge is 0.336 e. The lowest BCUT2D eigenvalue weighted by molar-refractivity contribution is -0.138. The zero-order valence-electron chi connectivity index (χ0n) is 26.4. The van der Waals surface area contributed by atoms with Crippen LogP contribution in [0.5, 0.6) is 17.2 Å². The van der Waals surface area contributed by atoms with Crippen molar-refractivity contribution < 1.29 is 42.9 Å². The van der Waals surface area contributed by atoms with Crippen LogP contribution in [0.4, 0.5) is 0 Å². The summed E-state index contributed by atoms with van der Waals surface area (Å²) in [5.41, 5.74) is 1.62. The highest BCUT2D eigenvalue weighted by Crippen LogP contribution is 2.21. The number of aromatic nitrogens is 1. The Kier molecular flexibility index (Phi) is 16.5. The van der Waals surface area contributed by atoms with Gasteiger partial charge in [-0.05, 0) is 97.1 Å². The first kappa shape index (κ1) is 37.0. The summed E-state index contributed by atoms with van der Waals surface area (Å²) >= 11 is 0.949. The van der Waals surface area contributed by atoms with Gasteiger partial charge in [0.25, 0.3) is 0 Å². The zero-order chi connectivity index (χ0) is 34.4. The largest absolute Gasteiger partial charge is 0.494 e. The highest BCUT2D eigenvalue weighted by atomic mass is 32.2. The Hall–Kier alpha value is -5.42. The Morgan fingerprint density at radius 3 is 1.56 bits per heavy atom. The van der Waals surface area contributed by atoms with Gasteiger partial charge in [-0.2, -0.15) is 0 Å². The zero-order valence-corrected chi connectivity index (χ0v) is 27.2. The number of esters is 3. The molecule has 0 spiro atoms. The van der Waals surface area contributed by atoms with E-state index < -0.39 is 17.9 Å². The van der Waals surface area contributed by atoms with Crippen LogP contribution < -0.4 is 14.2 Å². The van der Waals surface area contributed by atoms with Gasteiger partial charge in [-0.1, -0.05) is 43.5 Å². The molecule has 48 heavy (non-hydrogen) atoms. The van der Waals surface area contributed by atoms with Crippen LogP contribution >= 0.6 is 11.8 Å². The average Bonchev–Trinajstić information content (AvgIpc) is 3.11. The number of rotatable bonds is 20. The van der Waals surface area contributed by atoms with E-state index in [-0.39, 0.29) is 10.9 Å². The molecule has 250 valence electrons. The first-order chi connectivity index (χ1) is 23.3. The fourth-order valence-electron chi connectivity index (χ4n) is 3.71. The molecular formula is C37H37NO9S. The van der Waals surface area contributed by atoms with Gasteiger partial charge in [0.2, 0.25) is 5.12 Å². The van der Waals surface area contributed by atoms with Crippen molar-refractivity contribution in [2.24, 2.45) is 0 Å². The molecule has 0 bridgehead atoms. The number of unbranched alkanes of at least 4 members (excludes halogenated alkanes) is 2. The molecule has 0 saturated carbocycles. The van der Waals surface area contributed by atoms with Crippen molar-refractivity contribution in [3.63, 3.8) is 0 Å². The topological polar surface area (TPSA) is 127 Å². The molecule has 0 aliphatic heterocycles. The van der Waals surface area contributed by atoms with Crippen LogP contribution in [0.3, 0.4) is 0 Å². The van der Waals surface area contributed by atoms with E-state index in [1.807, 2.05) is 36.4 Å². The van der Waals surface area contributed by atoms with Crippen molar-refractivity contribution in [1.29, 1.82) is 0 Å². The lowest BCUT2D eigenvalue weighted by Gasteiger charge is -2.06. The van der Waals surface area contributed by atoms with Gasteiger partial charge >= 0.3 is 17.9 Å². The van der Waals surface area contributed by atoms with Crippen LogP contribution in [0.15, 0.2) is 109 Å². The molecule has 0 amide bonds. The van der Waals surface area contributed by atoms with Gasteiger partial charge in [0.1, 0.15) is 22.3 Å². The lowest BCUT2D eigenvalue weighted by Crippen LogP contribution is -2.04. The second-order valence-electron chi connectivity index (χ2n) is 9.83. The molecule has 2 aromatic carbocycles. The third-order valence-electron chi connectivity index (χ3n) is 6.15. The maximum absolute atomic E-state index is 12.4. The molecule has 0 unspecified atom stereocenters. The molecule has 3 rings (SSSR count). The van der Waals surface area contributed by atoms with Crippen LogP contribution in [0.1, 0.15) is 36.8 Å². The quantitative estimate of drug-likeness (QED) is 0.0544. The molecule has 0 aliphatic carbocycles. The van der Waals surface area contributed by atoms with Crippen molar-refractivity contribution in [2.75, 3.05) is 26.4 Å². The van der Waals surface area contributed by atoms with Crippen molar-refractivity contribution in [3.05, 3.63) is 115 Å². The van der Waals surface area contributed by atoms with E-state index in [1.54, 1.807) is 36.4 Å². The number of hydrogen-bond donors (Lipinski definition) is 0. The van der Waals surface area contributed by atoms with Crippen LogP contribution in [0.2, 0.25) is 0 Å². The van der Waals surface area contributed by atoms with Gasteiger partial charge in [0.05, 0.1) is 32.6 Å². The summed E-state index contributed by atoms with van der Waals surface area (Å²) in [5, 5.41) is 0.247. The fourth-order valence-corrected chi connectivity index (χ4v) is 4.29. The third kappa shape index (κ3) is 15.2. The monoisotopic (exact) mass is 671 g/mol. The Bertz CT molecular complexity index is 1450. The highest BCUT2D eigenvalue weighted by Gasteiger charge is 2.06. The molecule has 0 fully saturated rings. The predicted octanol–water partition coefficient (Wildman–Crippen LogP) is 6.81. The van der Waals surface area contributed by atoms with Gasteiger partial charge in [0, 0.05) is 18.2 Å². The molecule has 1 aromatic heterocycles. The minimum atomic E-state index is -0.573. The fraction of sp³-hybridized carbons (Fsp3) is 0.216. The van der Waals surface area contributed by atoms with E-state index in [0.29, 0.717) is 55.8 Å². The minimum Gasteiger partial charge on any atom is -0.494 e. The number of benzene rings is 2. The number of carbonyl (C=O) groups is 4. The van der Waals surface area contributed by atoms with E-state index in [2.05, 4.69) is 18.1 Å². The summed E-state index contributed by atoms with van der Waals surface area (Å²) in [7, 11) is 0. The average molecular weight is 672 g/mol. The number of pyridine rings is 1. The molecule has 10 nitrogen and oxygen atoms in total. The van der Waals surface area contributed by atoms with E-state index in [4.69, 9.17) is 23.7 Å². The standard InChI is InChI=1S/C37H37NO9S/c1-3-34(39)45-25-7-5-23-43-30-15-9-28(10-16-30)13-21-36(41)47-32-19-20-33(38-27-32)48-37(42)22-14-29-11-17-31(18-12-29)44-24-6-8-26-46-35(40)4-2/h3-4,9-22,27H,1-2,5-8,23-26H2. The van der Waals surface area contributed by atoms with Crippen molar-refractivity contribution in [1.82, 2.24) is 4.98 Å².